The summed E-state index contributed by atoms with van der Waals surface area (Å²) in [4.78, 5) is 4.62. The van der Waals surface area contributed by atoms with Crippen molar-refractivity contribution in [3.63, 3.8) is 0 Å². The molecule has 1 heterocycles. The van der Waals surface area contributed by atoms with Gasteiger partial charge in [-0.3, -0.25) is 0 Å². The highest BCUT2D eigenvalue weighted by molar-refractivity contribution is 5.37. The number of hydrogen-bond acceptors (Lipinski definition) is 2. The lowest BCUT2D eigenvalue weighted by atomic mass is 10.2. The average molecular weight is 188 g/mol. The third kappa shape index (κ3) is 1.89. The molecule has 2 saturated carbocycles. The van der Waals surface area contributed by atoms with Gasteiger partial charge in [0.25, 0.3) is 0 Å². The first kappa shape index (κ1) is 8.27. The van der Waals surface area contributed by atoms with Gasteiger partial charge >= 0.3 is 0 Å². The van der Waals surface area contributed by atoms with E-state index in [-0.39, 0.29) is 0 Å². The van der Waals surface area contributed by atoms with E-state index in [9.17, 15) is 0 Å². The quantitative estimate of drug-likeness (QED) is 0.786. The molecule has 14 heavy (non-hydrogen) atoms. The minimum absolute atomic E-state index is 0.762. The largest absolute Gasteiger partial charge is 0.370 e. The zero-order chi connectivity index (χ0) is 9.38. The van der Waals surface area contributed by atoms with Crippen LogP contribution in [0, 0.1) is 5.92 Å². The Morgan fingerprint density at radius 1 is 1.21 bits per heavy atom. The molecule has 1 aromatic rings. The standard InChI is InChI=1S/C12H16N2/c1-2-11(10-6-7-10)14-12(3-1)13-8-9-4-5-9/h1-3,9-10H,4-8H2,(H,13,14). The number of pyridine rings is 1. The van der Waals surface area contributed by atoms with Crippen molar-refractivity contribution in [2.75, 3.05) is 11.9 Å². The van der Waals surface area contributed by atoms with Gasteiger partial charge in [0, 0.05) is 18.2 Å². The lowest BCUT2D eigenvalue weighted by Crippen LogP contribution is -2.05. The Hall–Kier alpha value is -1.05. The predicted molar refractivity (Wildman–Crippen MR) is 57.4 cm³/mol. The van der Waals surface area contributed by atoms with Gasteiger partial charge in [0.2, 0.25) is 0 Å². The van der Waals surface area contributed by atoms with E-state index in [4.69, 9.17) is 0 Å². The molecule has 0 aromatic carbocycles. The summed E-state index contributed by atoms with van der Waals surface area (Å²) in [5.74, 6) is 2.75. The zero-order valence-electron chi connectivity index (χ0n) is 8.37. The molecule has 0 spiro atoms. The van der Waals surface area contributed by atoms with E-state index in [1.165, 1.54) is 31.4 Å². The van der Waals surface area contributed by atoms with Crippen molar-refractivity contribution in [2.45, 2.75) is 31.6 Å². The van der Waals surface area contributed by atoms with Crippen LogP contribution in [0.1, 0.15) is 37.3 Å². The molecule has 0 saturated heterocycles. The van der Waals surface area contributed by atoms with E-state index in [0.717, 1.165) is 24.2 Å². The van der Waals surface area contributed by atoms with E-state index >= 15 is 0 Å². The van der Waals surface area contributed by atoms with Crippen LogP contribution in [0.5, 0.6) is 0 Å². The molecule has 2 aliphatic carbocycles. The Labute approximate surface area is 84.7 Å². The van der Waals surface area contributed by atoms with Crippen molar-refractivity contribution in [2.24, 2.45) is 5.92 Å². The van der Waals surface area contributed by atoms with Crippen LogP contribution in [0.3, 0.4) is 0 Å². The summed E-state index contributed by atoms with van der Waals surface area (Å²) in [5.41, 5.74) is 1.28. The van der Waals surface area contributed by atoms with Crippen LogP contribution in [0.15, 0.2) is 18.2 Å². The maximum atomic E-state index is 4.62. The van der Waals surface area contributed by atoms with Gasteiger partial charge in [-0.05, 0) is 43.7 Å². The molecule has 1 aromatic heterocycles. The summed E-state index contributed by atoms with van der Waals surface area (Å²) >= 11 is 0. The van der Waals surface area contributed by atoms with Gasteiger partial charge < -0.3 is 5.32 Å². The van der Waals surface area contributed by atoms with Crippen molar-refractivity contribution >= 4 is 5.82 Å². The maximum absolute atomic E-state index is 4.62. The molecule has 0 unspecified atom stereocenters. The van der Waals surface area contributed by atoms with E-state index in [1.807, 2.05) is 0 Å². The van der Waals surface area contributed by atoms with Crippen LogP contribution in [-0.2, 0) is 0 Å². The number of nitrogens with zero attached hydrogens (tertiary/aromatic N) is 1. The van der Waals surface area contributed by atoms with Crippen LogP contribution < -0.4 is 5.32 Å². The highest BCUT2D eigenvalue weighted by Crippen LogP contribution is 2.39. The van der Waals surface area contributed by atoms with Crippen LogP contribution in [0.4, 0.5) is 5.82 Å². The van der Waals surface area contributed by atoms with Gasteiger partial charge in [-0.1, -0.05) is 6.07 Å². The van der Waals surface area contributed by atoms with Gasteiger partial charge in [-0.15, -0.1) is 0 Å². The fourth-order valence-electron chi connectivity index (χ4n) is 1.73. The zero-order valence-corrected chi connectivity index (χ0v) is 8.37. The molecule has 2 aliphatic rings. The molecule has 0 bridgehead atoms. The molecule has 0 radical (unpaired) electrons. The summed E-state index contributed by atoms with van der Waals surface area (Å²) in [6, 6.07) is 6.35. The minimum Gasteiger partial charge on any atom is -0.370 e. The summed E-state index contributed by atoms with van der Waals surface area (Å²) in [7, 11) is 0. The fraction of sp³-hybridized carbons (Fsp3) is 0.583. The molecular formula is C12H16N2. The Bertz CT molecular complexity index is 327. The third-order valence-electron chi connectivity index (χ3n) is 3.04. The number of aromatic nitrogens is 1. The minimum atomic E-state index is 0.762. The first-order chi connectivity index (χ1) is 6.92. The van der Waals surface area contributed by atoms with Gasteiger partial charge in [-0.25, -0.2) is 4.98 Å². The average Bonchev–Trinajstić information content (AvgIpc) is 3.06. The lowest BCUT2D eigenvalue weighted by Gasteiger charge is -2.05. The first-order valence-corrected chi connectivity index (χ1v) is 5.62. The van der Waals surface area contributed by atoms with Crippen LogP contribution in [0.2, 0.25) is 0 Å². The molecule has 2 fully saturated rings. The van der Waals surface area contributed by atoms with E-state index < -0.39 is 0 Å². The number of anilines is 1. The maximum Gasteiger partial charge on any atom is 0.126 e. The van der Waals surface area contributed by atoms with Crippen molar-refractivity contribution in [3.8, 4) is 0 Å². The summed E-state index contributed by atoms with van der Waals surface area (Å²) < 4.78 is 0. The molecule has 1 N–H and O–H groups in total. The number of hydrogen-bond donors (Lipinski definition) is 1. The predicted octanol–water partition coefficient (Wildman–Crippen LogP) is 2.78. The topological polar surface area (TPSA) is 24.9 Å². The lowest BCUT2D eigenvalue weighted by molar-refractivity contribution is 0.878. The second kappa shape index (κ2) is 3.26. The second-order valence-corrected chi connectivity index (χ2v) is 4.55. The van der Waals surface area contributed by atoms with Crippen LogP contribution in [0.25, 0.3) is 0 Å². The van der Waals surface area contributed by atoms with Crippen LogP contribution >= 0.6 is 0 Å². The molecule has 0 atom stereocenters. The fourth-order valence-corrected chi connectivity index (χ4v) is 1.73. The van der Waals surface area contributed by atoms with Crippen molar-refractivity contribution in [1.82, 2.24) is 4.98 Å². The highest BCUT2D eigenvalue weighted by Gasteiger charge is 2.25. The Kier molecular flexibility index (Phi) is 1.93. The number of rotatable bonds is 4. The highest BCUT2D eigenvalue weighted by atomic mass is 15.0. The summed E-state index contributed by atoms with van der Waals surface area (Å²) in [6.07, 6.45) is 5.46. The molecule has 0 aliphatic heterocycles. The molecule has 74 valence electrons. The van der Waals surface area contributed by atoms with Gasteiger partial charge in [0.15, 0.2) is 0 Å². The normalized spacial score (nSPS) is 20.9. The van der Waals surface area contributed by atoms with Gasteiger partial charge in [0.1, 0.15) is 5.82 Å². The molecule has 3 rings (SSSR count). The summed E-state index contributed by atoms with van der Waals surface area (Å²) in [6.45, 7) is 1.11. The van der Waals surface area contributed by atoms with Crippen molar-refractivity contribution < 1.29 is 0 Å². The van der Waals surface area contributed by atoms with E-state index in [0.29, 0.717) is 0 Å². The van der Waals surface area contributed by atoms with Gasteiger partial charge in [-0.2, -0.15) is 0 Å². The molecule has 2 heteroatoms. The van der Waals surface area contributed by atoms with E-state index in [2.05, 4.69) is 28.5 Å². The Morgan fingerprint density at radius 2 is 2.07 bits per heavy atom. The molecule has 2 nitrogen and oxygen atoms in total. The molecular weight excluding hydrogens is 172 g/mol. The Balaban J connectivity index is 1.66. The van der Waals surface area contributed by atoms with Crippen molar-refractivity contribution in [1.29, 1.82) is 0 Å². The number of nitrogens with one attached hydrogen (secondary N) is 1. The van der Waals surface area contributed by atoms with Crippen molar-refractivity contribution in [3.05, 3.63) is 23.9 Å². The smallest absolute Gasteiger partial charge is 0.126 e. The summed E-state index contributed by atoms with van der Waals surface area (Å²) in [5, 5.41) is 3.42. The second-order valence-electron chi connectivity index (χ2n) is 4.55. The third-order valence-corrected chi connectivity index (χ3v) is 3.04. The molecule has 0 amide bonds. The Morgan fingerprint density at radius 3 is 2.79 bits per heavy atom. The monoisotopic (exact) mass is 188 g/mol. The SMILES string of the molecule is c1cc(NCC2CC2)nc(C2CC2)c1. The first-order valence-electron chi connectivity index (χ1n) is 5.62. The van der Waals surface area contributed by atoms with Gasteiger partial charge in [0.05, 0.1) is 0 Å². The van der Waals surface area contributed by atoms with Crippen LogP contribution in [-0.4, -0.2) is 11.5 Å². The van der Waals surface area contributed by atoms with E-state index in [1.54, 1.807) is 0 Å².